The molecule has 1 saturated heterocycles. The normalized spacial score (nSPS) is 16.0. The fourth-order valence-electron chi connectivity index (χ4n) is 2.32. The van der Waals surface area contributed by atoms with Crippen molar-refractivity contribution in [2.45, 2.75) is 6.54 Å². The molecular formula is C14H17N5O2. The van der Waals surface area contributed by atoms with Crippen LogP contribution >= 0.6 is 0 Å². The van der Waals surface area contributed by atoms with Crippen LogP contribution in [0.1, 0.15) is 16.1 Å². The zero-order valence-electron chi connectivity index (χ0n) is 11.6. The number of carbonyl (C=O) groups is 1. The number of hydrogen-bond donors (Lipinski definition) is 1. The van der Waals surface area contributed by atoms with E-state index in [2.05, 4.69) is 15.0 Å². The quantitative estimate of drug-likeness (QED) is 0.868. The van der Waals surface area contributed by atoms with Crippen LogP contribution in [-0.4, -0.2) is 51.9 Å². The van der Waals surface area contributed by atoms with E-state index >= 15 is 0 Å². The number of nitrogens with zero attached hydrogens (tertiary/aromatic N) is 4. The van der Waals surface area contributed by atoms with Crippen LogP contribution < -0.4 is 5.73 Å². The van der Waals surface area contributed by atoms with Crippen molar-refractivity contribution in [3.8, 4) is 5.82 Å². The number of morpholine rings is 1. The SMILES string of the molecule is NC(=O)c1cccnc1-n1ccc(CN2CCOCC2)n1. The van der Waals surface area contributed by atoms with Crippen LogP contribution in [0.3, 0.4) is 0 Å². The van der Waals surface area contributed by atoms with Gasteiger partial charge in [-0.15, -0.1) is 0 Å². The molecule has 0 aliphatic carbocycles. The van der Waals surface area contributed by atoms with E-state index in [0.29, 0.717) is 11.4 Å². The van der Waals surface area contributed by atoms with Gasteiger partial charge in [0.15, 0.2) is 5.82 Å². The molecule has 7 nitrogen and oxygen atoms in total. The smallest absolute Gasteiger partial charge is 0.252 e. The predicted octanol–water partition coefficient (Wildman–Crippen LogP) is 0.198. The maximum absolute atomic E-state index is 11.4. The van der Waals surface area contributed by atoms with Crippen LogP contribution in [0.5, 0.6) is 0 Å². The Hall–Kier alpha value is -2.25. The van der Waals surface area contributed by atoms with Gasteiger partial charge in [-0.25, -0.2) is 9.67 Å². The molecule has 0 bridgehead atoms. The van der Waals surface area contributed by atoms with Gasteiger partial charge in [0.25, 0.3) is 5.91 Å². The molecule has 1 aliphatic heterocycles. The highest BCUT2D eigenvalue weighted by molar-refractivity contribution is 5.95. The topological polar surface area (TPSA) is 86.3 Å². The zero-order valence-corrected chi connectivity index (χ0v) is 11.6. The van der Waals surface area contributed by atoms with Crippen LogP contribution in [0.2, 0.25) is 0 Å². The van der Waals surface area contributed by atoms with Crippen LogP contribution in [0.15, 0.2) is 30.6 Å². The van der Waals surface area contributed by atoms with E-state index in [1.165, 1.54) is 0 Å². The predicted molar refractivity (Wildman–Crippen MR) is 76.0 cm³/mol. The van der Waals surface area contributed by atoms with E-state index in [4.69, 9.17) is 10.5 Å². The first-order valence-corrected chi connectivity index (χ1v) is 6.84. The van der Waals surface area contributed by atoms with Gasteiger partial charge in [0.1, 0.15) is 0 Å². The monoisotopic (exact) mass is 287 g/mol. The Morgan fingerprint density at radius 2 is 2.14 bits per heavy atom. The van der Waals surface area contributed by atoms with Crippen molar-refractivity contribution in [2.75, 3.05) is 26.3 Å². The number of primary amides is 1. The highest BCUT2D eigenvalue weighted by Crippen LogP contribution is 2.12. The van der Waals surface area contributed by atoms with Gasteiger partial charge in [-0.2, -0.15) is 5.10 Å². The van der Waals surface area contributed by atoms with Gasteiger partial charge in [0, 0.05) is 32.0 Å². The van der Waals surface area contributed by atoms with E-state index in [1.54, 1.807) is 29.2 Å². The Morgan fingerprint density at radius 1 is 1.33 bits per heavy atom. The molecule has 21 heavy (non-hydrogen) atoms. The van der Waals surface area contributed by atoms with E-state index in [0.717, 1.165) is 38.5 Å². The summed E-state index contributed by atoms with van der Waals surface area (Å²) in [5.74, 6) is -0.0541. The molecular weight excluding hydrogens is 270 g/mol. The minimum atomic E-state index is -0.511. The van der Waals surface area contributed by atoms with Crippen molar-refractivity contribution in [3.63, 3.8) is 0 Å². The summed E-state index contributed by atoms with van der Waals surface area (Å²) < 4.78 is 6.92. The number of ether oxygens (including phenoxy) is 1. The second-order valence-electron chi connectivity index (χ2n) is 4.88. The number of rotatable bonds is 4. The van der Waals surface area contributed by atoms with Crippen molar-refractivity contribution in [1.82, 2.24) is 19.7 Å². The molecule has 0 saturated carbocycles. The molecule has 1 aliphatic rings. The molecule has 0 aromatic carbocycles. The molecule has 1 amide bonds. The molecule has 2 N–H and O–H groups in total. The minimum Gasteiger partial charge on any atom is -0.379 e. The second-order valence-corrected chi connectivity index (χ2v) is 4.88. The Labute approximate surface area is 122 Å². The molecule has 3 rings (SSSR count). The summed E-state index contributed by atoms with van der Waals surface area (Å²) in [6.07, 6.45) is 3.41. The first kappa shape index (κ1) is 13.7. The van der Waals surface area contributed by atoms with Crippen LogP contribution in [0.4, 0.5) is 0 Å². The van der Waals surface area contributed by atoms with Crippen LogP contribution in [0, 0.1) is 0 Å². The highest BCUT2D eigenvalue weighted by atomic mass is 16.5. The standard InChI is InChI=1S/C14H17N5O2/c15-13(20)12-2-1-4-16-14(12)19-5-3-11(17-19)10-18-6-8-21-9-7-18/h1-5H,6-10H2,(H2,15,20). The zero-order chi connectivity index (χ0) is 14.7. The summed E-state index contributed by atoms with van der Waals surface area (Å²) in [7, 11) is 0. The van der Waals surface area contributed by atoms with E-state index in [9.17, 15) is 4.79 Å². The van der Waals surface area contributed by atoms with Crippen molar-refractivity contribution in [3.05, 3.63) is 41.9 Å². The molecule has 2 aromatic heterocycles. The van der Waals surface area contributed by atoms with E-state index < -0.39 is 5.91 Å². The summed E-state index contributed by atoms with van der Waals surface area (Å²) >= 11 is 0. The summed E-state index contributed by atoms with van der Waals surface area (Å²) in [5, 5.41) is 4.48. The molecule has 110 valence electrons. The Morgan fingerprint density at radius 3 is 2.90 bits per heavy atom. The number of pyridine rings is 1. The lowest BCUT2D eigenvalue weighted by Gasteiger charge is -2.25. The maximum atomic E-state index is 11.4. The number of amides is 1. The average Bonchev–Trinajstić information content (AvgIpc) is 2.96. The number of hydrogen-bond acceptors (Lipinski definition) is 5. The third-order valence-electron chi connectivity index (χ3n) is 3.40. The lowest BCUT2D eigenvalue weighted by molar-refractivity contribution is 0.0336. The third kappa shape index (κ3) is 3.09. The minimum absolute atomic E-state index is 0.360. The Bertz CT molecular complexity index is 634. The molecule has 3 heterocycles. The first-order chi connectivity index (χ1) is 10.2. The van der Waals surface area contributed by atoms with E-state index in [1.807, 2.05) is 6.07 Å². The maximum Gasteiger partial charge on any atom is 0.252 e. The highest BCUT2D eigenvalue weighted by Gasteiger charge is 2.14. The Kier molecular flexibility index (Phi) is 3.94. The second kappa shape index (κ2) is 6.02. The lowest BCUT2D eigenvalue weighted by atomic mass is 10.2. The van der Waals surface area contributed by atoms with Gasteiger partial charge in [0.2, 0.25) is 0 Å². The third-order valence-corrected chi connectivity index (χ3v) is 3.40. The van der Waals surface area contributed by atoms with Crippen LogP contribution in [0.25, 0.3) is 5.82 Å². The summed E-state index contributed by atoms with van der Waals surface area (Å²) in [4.78, 5) is 17.9. The molecule has 0 atom stereocenters. The Balaban J connectivity index is 1.80. The lowest BCUT2D eigenvalue weighted by Crippen LogP contribution is -2.35. The van der Waals surface area contributed by atoms with Gasteiger partial charge in [-0.3, -0.25) is 9.69 Å². The molecule has 1 fully saturated rings. The largest absolute Gasteiger partial charge is 0.379 e. The van der Waals surface area contributed by atoms with Gasteiger partial charge < -0.3 is 10.5 Å². The molecule has 0 radical (unpaired) electrons. The summed E-state index contributed by atoms with van der Waals surface area (Å²) in [5.41, 5.74) is 6.65. The number of nitrogens with two attached hydrogens (primary N) is 1. The molecule has 2 aromatic rings. The molecule has 0 unspecified atom stereocenters. The number of aromatic nitrogens is 3. The van der Waals surface area contributed by atoms with Gasteiger partial charge in [0.05, 0.1) is 24.5 Å². The first-order valence-electron chi connectivity index (χ1n) is 6.84. The summed E-state index contributed by atoms with van der Waals surface area (Å²) in [6, 6.07) is 5.25. The number of carbonyl (C=O) groups excluding carboxylic acids is 1. The van der Waals surface area contributed by atoms with Crippen molar-refractivity contribution in [2.24, 2.45) is 5.73 Å². The van der Waals surface area contributed by atoms with Crippen LogP contribution in [-0.2, 0) is 11.3 Å². The van der Waals surface area contributed by atoms with Gasteiger partial charge in [-0.05, 0) is 18.2 Å². The molecule has 7 heteroatoms. The summed E-state index contributed by atoms with van der Waals surface area (Å²) in [6.45, 7) is 4.08. The van der Waals surface area contributed by atoms with Crippen molar-refractivity contribution < 1.29 is 9.53 Å². The van der Waals surface area contributed by atoms with Crippen molar-refractivity contribution >= 4 is 5.91 Å². The van der Waals surface area contributed by atoms with E-state index in [-0.39, 0.29) is 0 Å². The molecule has 0 spiro atoms. The van der Waals surface area contributed by atoms with Gasteiger partial charge in [-0.1, -0.05) is 0 Å². The van der Waals surface area contributed by atoms with Gasteiger partial charge >= 0.3 is 0 Å². The fourth-order valence-corrected chi connectivity index (χ4v) is 2.32. The fraction of sp³-hybridized carbons (Fsp3) is 0.357. The van der Waals surface area contributed by atoms with Crippen molar-refractivity contribution in [1.29, 1.82) is 0 Å². The average molecular weight is 287 g/mol.